The first-order chi connectivity index (χ1) is 14.6. The summed E-state index contributed by atoms with van der Waals surface area (Å²) in [5.74, 6) is 0.647. The number of ether oxygens (including phenoxy) is 2. The molecule has 0 heterocycles. The van der Waals surface area contributed by atoms with Gasteiger partial charge in [0.25, 0.3) is 11.8 Å². The minimum Gasteiger partial charge on any atom is -0.484 e. The Bertz CT molecular complexity index is 889. The van der Waals surface area contributed by atoms with E-state index in [-0.39, 0.29) is 24.5 Å². The van der Waals surface area contributed by atoms with E-state index in [0.29, 0.717) is 11.5 Å². The number of carbonyl (C=O) groups excluding carboxylic acids is 2. The molecule has 168 valence electrons. The molecule has 0 unspecified atom stereocenters. The summed E-state index contributed by atoms with van der Waals surface area (Å²) in [4.78, 5) is 24.0. The number of hydrogen-bond donors (Lipinski definition) is 2. The van der Waals surface area contributed by atoms with E-state index in [1.54, 1.807) is 0 Å². The molecule has 31 heavy (non-hydrogen) atoms. The summed E-state index contributed by atoms with van der Waals surface area (Å²) >= 11 is 0. The topological polar surface area (TPSA) is 76.7 Å². The summed E-state index contributed by atoms with van der Waals surface area (Å²) in [5.41, 5.74) is 8.08. The molecule has 2 rings (SSSR count). The van der Waals surface area contributed by atoms with Crippen molar-refractivity contribution < 1.29 is 19.1 Å². The standard InChI is InChI=1S/C25H34N2O4/c1-7-25(5,6)19-9-11-20(12-10-19)30-15-23(28)26-27-24(29)16-31-22-14-18(4)8-13-21(22)17(2)3/h8-14,17H,7,15-16H2,1-6H3,(H,26,28)(H,27,29). The Morgan fingerprint density at radius 2 is 1.52 bits per heavy atom. The quantitative estimate of drug-likeness (QED) is 0.582. The molecule has 0 aliphatic carbocycles. The lowest BCUT2D eigenvalue weighted by Gasteiger charge is -2.23. The largest absolute Gasteiger partial charge is 0.484 e. The van der Waals surface area contributed by atoms with Gasteiger partial charge in [-0.25, -0.2) is 0 Å². The van der Waals surface area contributed by atoms with Gasteiger partial charge < -0.3 is 9.47 Å². The Morgan fingerprint density at radius 1 is 0.935 bits per heavy atom. The minimum absolute atomic E-state index is 0.0939. The van der Waals surface area contributed by atoms with Crippen LogP contribution in [0.25, 0.3) is 0 Å². The van der Waals surface area contributed by atoms with E-state index < -0.39 is 11.8 Å². The lowest BCUT2D eigenvalue weighted by molar-refractivity contribution is -0.131. The fourth-order valence-electron chi connectivity index (χ4n) is 2.95. The minimum atomic E-state index is -0.454. The predicted octanol–water partition coefficient (Wildman–Crippen LogP) is 4.41. The molecule has 2 aromatic rings. The lowest BCUT2D eigenvalue weighted by atomic mass is 9.82. The third-order valence-electron chi connectivity index (χ3n) is 5.38. The van der Waals surface area contributed by atoms with E-state index in [4.69, 9.17) is 9.47 Å². The van der Waals surface area contributed by atoms with Crippen molar-refractivity contribution in [1.82, 2.24) is 10.9 Å². The summed E-state index contributed by atoms with van der Waals surface area (Å²) in [6, 6.07) is 13.6. The van der Waals surface area contributed by atoms with Crippen molar-refractivity contribution in [2.75, 3.05) is 13.2 Å². The molecule has 0 spiro atoms. The Kier molecular flexibility index (Phi) is 8.48. The molecule has 6 nitrogen and oxygen atoms in total. The van der Waals surface area contributed by atoms with Crippen LogP contribution in [0.2, 0.25) is 0 Å². The maximum atomic E-state index is 12.0. The van der Waals surface area contributed by atoms with Gasteiger partial charge in [-0.1, -0.05) is 58.9 Å². The average molecular weight is 427 g/mol. The summed E-state index contributed by atoms with van der Waals surface area (Å²) in [6.07, 6.45) is 1.03. The second-order valence-corrected chi connectivity index (χ2v) is 8.63. The summed E-state index contributed by atoms with van der Waals surface area (Å²) in [5, 5.41) is 0. The second kappa shape index (κ2) is 10.8. The van der Waals surface area contributed by atoms with Gasteiger partial charge in [0, 0.05) is 0 Å². The highest BCUT2D eigenvalue weighted by Gasteiger charge is 2.17. The molecular weight excluding hydrogens is 392 g/mol. The highest BCUT2D eigenvalue weighted by atomic mass is 16.5. The van der Waals surface area contributed by atoms with Gasteiger partial charge in [0.2, 0.25) is 0 Å². The summed E-state index contributed by atoms with van der Waals surface area (Å²) < 4.78 is 11.1. The van der Waals surface area contributed by atoms with Gasteiger partial charge in [-0.2, -0.15) is 0 Å². The van der Waals surface area contributed by atoms with Crippen LogP contribution in [-0.2, 0) is 15.0 Å². The molecule has 6 heteroatoms. The highest BCUT2D eigenvalue weighted by Crippen LogP contribution is 2.28. The molecule has 2 N–H and O–H groups in total. The summed E-state index contributed by atoms with van der Waals surface area (Å²) in [7, 11) is 0. The summed E-state index contributed by atoms with van der Waals surface area (Å²) in [6.45, 7) is 12.2. The number of benzene rings is 2. The normalized spacial score (nSPS) is 11.2. The fourth-order valence-corrected chi connectivity index (χ4v) is 2.95. The average Bonchev–Trinajstić information content (AvgIpc) is 2.74. The molecule has 0 saturated heterocycles. The van der Waals surface area contributed by atoms with Crippen molar-refractivity contribution >= 4 is 11.8 Å². The number of nitrogens with one attached hydrogen (secondary N) is 2. The maximum absolute atomic E-state index is 12.0. The molecule has 0 bridgehead atoms. The molecule has 0 fully saturated rings. The lowest BCUT2D eigenvalue weighted by Crippen LogP contribution is -2.45. The molecule has 0 aromatic heterocycles. The van der Waals surface area contributed by atoms with Gasteiger partial charge in [-0.3, -0.25) is 20.4 Å². The second-order valence-electron chi connectivity index (χ2n) is 8.63. The van der Waals surface area contributed by atoms with E-state index in [0.717, 1.165) is 17.5 Å². The van der Waals surface area contributed by atoms with E-state index in [1.165, 1.54) is 5.56 Å². The molecule has 0 aliphatic rings. The Labute approximate surface area is 185 Å². The number of amides is 2. The van der Waals surface area contributed by atoms with Crippen LogP contribution in [0.15, 0.2) is 42.5 Å². The fraction of sp³-hybridized carbons (Fsp3) is 0.440. The number of carbonyl (C=O) groups is 2. The smallest absolute Gasteiger partial charge is 0.276 e. The molecular formula is C25H34N2O4. The van der Waals surface area contributed by atoms with Crippen LogP contribution in [0.4, 0.5) is 0 Å². The Hall–Kier alpha value is -3.02. The SMILES string of the molecule is CCC(C)(C)c1ccc(OCC(=O)NNC(=O)COc2cc(C)ccc2C(C)C)cc1. The van der Waals surface area contributed by atoms with Crippen LogP contribution in [0.3, 0.4) is 0 Å². The molecule has 0 atom stereocenters. The van der Waals surface area contributed by atoms with Gasteiger partial charge in [-0.15, -0.1) is 0 Å². The number of aryl methyl sites for hydroxylation is 1. The van der Waals surface area contributed by atoms with Crippen LogP contribution in [0, 0.1) is 6.92 Å². The first-order valence-corrected chi connectivity index (χ1v) is 10.7. The number of hydrogen-bond acceptors (Lipinski definition) is 4. The van der Waals surface area contributed by atoms with Crippen molar-refractivity contribution in [3.63, 3.8) is 0 Å². The predicted molar refractivity (Wildman–Crippen MR) is 122 cm³/mol. The third-order valence-corrected chi connectivity index (χ3v) is 5.38. The van der Waals surface area contributed by atoms with Crippen molar-refractivity contribution in [1.29, 1.82) is 0 Å². The van der Waals surface area contributed by atoms with Crippen molar-refractivity contribution in [3.05, 3.63) is 59.2 Å². The van der Waals surface area contributed by atoms with Gasteiger partial charge in [0.05, 0.1) is 0 Å². The number of hydrazine groups is 1. The van der Waals surface area contributed by atoms with Gasteiger partial charge in [-0.05, 0) is 59.6 Å². The van der Waals surface area contributed by atoms with Crippen LogP contribution in [0.1, 0.15) is 63.6 Å². The van der Waals surface area contributed by atoms with Crippen molar-refractivity contribution in [2.24, 2.45) is 0 Å². The monoisotopic (exact) mass is 426 g/mol. The third kappa shape index (κ3) is 7.31. The van der Waals surface area contributed by atoms with Crippen molar-refractivity contribution in [2.45, 2.75) is 59.3 Å². The van der Waals surface area contributed by atoms with Crippen molar-refractivity contribution in [3.8, 4) is 11.5 Å². The zero-order valence-electron chi connectivity index (χ0n) is 19.4. The van der Waals surface area contributed by atoms with Crippen LogP contribution in [-0.4, -0.2) is 25.0 Å². The van der Waals surface area contributed by atoms with Gasteiger partial charge in [0.15, 0.2) is 13.2 Å². The Morgan fingerprint density at radius 3 is 2.06 bits per heavy atom. The molecule has 0 radical (unpaired) electrons. The van der Waals surface area contributed by atoms with Crippen LogP contribution < -0.4 is 20.3 Å². The van der Waals surface area contributed by atoms with E-state index in [9.17, 15) is 9.59 Å². The molecule has 0 aliphatic heterocycles. The first kappa shape index (κ1) is 24.3. The van der Waals surface area contributed by atoms with E-state index in [1.807, 2.05) is 49.4 Å². The molecule has 2 amide bonds. The highest BCUT2D eigenvalue weighted by molar-refractivity contribution is 5.83. The van der Waals surface area contributed by atoms with Crippen LogP contribution >= 0.6 is 0 Å². The van der Waals surface area contributed by atoms with E-state index in [2.05, 4.69) is 45.5 Å². The van der Waals surface area contributed by atoms with Crippen LogP contribution in [0.5, 0.6) is 11.5 Å². The Balaban J connectivity index is 1.76. The zero-order chi connectivity index (χ0) is 23.0. The first-order valence-electron chi connectivity index (χ1n) is 10.7. The zero-order valence-corrected chi connectivity index (χ0v) is 19.4. The van der Waals surface area contributed by atoms with E-state index >= 15 is 0 Å². The van der Waals surface area contributed by atoms with Gasteiger partial charge in [0.1, 0.15) is 11.5 Å². The molecule has 0 saturated carbocycles. The van der Waals surface area contributed by atoms with Gasteiger partial charge >= 0.3 is 0 Å². The number of rotatable bonds is 9. The maximum Gasteiger partial charge on any atom is 0.276 e. The molecule has 2 aromatic carbocycles.